The van der Waals surface area contributed by atoms with Crippen molar-refractivity contribution in [1.82, 2.24) is 5.32 Å². The summed E-state index contributed by atoms with van der Waals surface area (Å²) < 4.78 is 0. The highest BCUT2D eigenvalue weighted by molar-refractivity contribution is 6.24. The molecule has 6 nitrogen and oxygen atoms in total. The highest BCUT2D eigenvalue weighted by atomic mass is 16.4. The van der Waals surface area contributed by atoms with Crippen LogP contribution < -0.4 is 5.32 Å². The van der Waals surface area contributed by atoms with E-state index >= 15 is 0 Å². The third-order valence-corrected chi connectivity index (χ3v) is 3.28. The smallest absolute Gasteiger partial charge is 0.335 e. The van der Waals surface area contributed by atoms with Crippen LogP contribution in [0.15, 0.2) is 36.4 Å². The average Bonchev–Trinajstić information content (AvgIpc) is 2.74. The number of carbonyl (C=O) groups excluding carboxylic acids is 2. The fourth-order valence-corrected chi connectivity index (χ4v) is 2.34. The molecule has 21 heavy (non-hydrogen) atoms. The summed E-state index contributed by atoms with van der Waals surface area (Å²) in [6.07, 6.45) is 0. The number of para-hydroxylation sites is 1. The number of benzene rings is 2. The number of carbonyl (C=O) groups is 3. The number of hydrogen-bond donors (Lipinski definition) is 3. The zero-order valence-corrected chi connectivity index (χ0v) is 10.6. The lowest BCUT2D eigenvalue weighted by Crippen LogP contribution is -2.20. The molecule has 6 heteroatoms. The molecule has 1 aliphatic rings. The molecule has 0 atom stereocenters. The minimum absolute atomic E-state index is 0.00171. The van der Waals surface area contributed by atoms with Crippen LogP contribution in [0.25, 0.3) is 11.1 Å². The largest absolute Gasteiger partial charge is 0.507 e. The minimum Gasteiger partial charge on any atom is -0.507 e. The molecule has 0 radical (unpaired) electrons. The van der Waals surface area contributed by atoms with Crippen LogP contribution in [0.1, 0.15) is 31.1 Å². The van der Waals surface area contributed by atoms with E-state index in [0.29, 0.717) is 5.56 Å². The first kappa shape index (κ1) is 12.9. The van der Waals surface area contributed by atoms with Gasteiger partial charge in [-0.2, -0.15) is 0 Å². The molecule has 0 aromatic heterocycles. The molecule has 2 aromatic carbocycles. The van der Waals surface area contributed by atoms with Crippen molar-refractivity contribution in [3.05, 3.63) is 53.1 Å². The molecule has 0 fully saturated rings. The lowest BCUT2D eigenvalue weighted by atomic mass is 9.93. The van der Waals surface area contributed by atoms with Crippen LogP contribution >= 0.6 is 0 Å². The van der Waals surface area contributed by atoms with Crippen molar-refractivity contribution < 1.29 is 24.6 Å². The van der Waals surface area contributed by atoms with Crippen LogP contribution in [0.2, 0.25) is 0 Å². The van der Waals surface area contributed by atoms with Crippen LogP contribution in [0.4, 0.5) is 0 Å². The molecular formula is C15H9NO5. The van der Waals surface area contributed by atoms with Crippen LogP contribution in [-0.2, 0) is 0 Å². The summed E-state index contributed by atoms with van der Waals surface area (Å²) in [6, 6.07) is 8.64. The first-order valence-electron chi connectivity index (χ1n) is 6.04. The second-order valence-electron chi connectivity index (χ2n) is 4.55. The Kier molecular flexibility index (Phi) is 2.72. The Morgan fingerprint density at radius 3 is 2.29 bits per heavy atom. The van der Waals surface area contributed by atoms with Gasteiger partial charge in [0.1, 0.15) is 5.75 Å². The van der Waals surface area contributed by atoms with Gasteiger partial charge in [0.2, 0.25) is 0 Å². The topological polar surface area (TPSA) is 104 Å². The molecule has 0 bridgehead atoms. The third kappa shape index (κ3) is 1.93. The SMILES string of the molecule is O=C(O)c1cc2c(c(-c3ccccc3O)c1)C(=O)NC2=O. The summed E-state index contributed by atoms with van der Waals surface area (Å²) in [7, 11) is 0. The second kappa shape index (κ2) is 4.45. The molecule has 0 saturated heterocycles. The lowest BCUT2D eigenvalue weighted by molar-refractivity contribution is 0.0696. The number of carboxylic acids is 1. The summed E-state index contributed by atoms with van der Waals surface area (Å²) in [6.45, 7) is 0. The molecule has 2 aromatic rings. The summed E-state index contributed by atoms with van der Waals surface area (Å²) in [5.41, 5.74) is 0.453. The van der Waals surface area contributed by atoms with Gasteiger partial charge in [0.05, 0.1) is 16.7 Å². The molecule has 0 unspecified atom stereocenters. The monoisotopic (exact) mass is 283 g/mol. The van der Waals surface area contributed by atoms with Crippen LogP contribution in [-0.4, -0.2) is 28.0 Å². The molecule has 2 amide bonds. The number of rotatable bonds is 2. The van der Waals surface area contributed by atoms with Crippen molar-refractivity contribution in [2.24, 2.45) is 0 Å². The maximum atomic E-state index is 11.9. The van der Waals surface area contributed by atoms with Crippen LogP contribution in [0.5, 0.6) is 5.75 Å². The number of aromatic carboxylic acids is 1. The van der Waals surface area contributed by atoms with E-state index in [1.54, 1.807) is 18.2 Å². The second-order valence-corrected chi connectivity index (χ2v) is 4.55. The van der Waals surface area contributed by atoms with Gasteiger partial charge in [0.15, 0.2) is 0 Å². The zero-order valence-electron chi connectivity index (χ0n) is 10.6. The molecule has 3 rings (SSSR count). The van der Waals surface area contributed by atoms with E-state index in [4.69, 9.17) is 5.11 Å². The number of aromatic hydroxyl groups is 1. The summed E-state index contributed by atoms with van der Waals surface area (Å²) in [5.74, 6) is -2.57. The van der Waals surface area contributed by atoms with E-state index in [1.165, 1.54) is 12.1 Å². The van der Waals surface area contributed by atoms with Crippen LogP contribution in [0, 0.1) is 0 Å². The summed E-state index contributed by atoms with van der Waals surface area (Å²) in [5, 5.41) is 21.2. The van der Waals surface area contributed by atoms with Gasteiger partial charge in [-0.15, -0.1) is 0 Å². The molecule has 0 spiro atoms. The van der Waals surface area contributed by atoms with Gasteiger partial charge in [-0.05, 0) is 23.8 Å². The highest BCUT2D eigenvalue weighted by Gasteiger charge is 2.32. The van der Waals surface area contributed by atoms with E-state index < -0.39 is 17.8 Å². The van der Waals surface area contributed by atoms with E-state index in [0.717, 1.165) is 6.07 Å². The van der Waals surface area contributed by atoms with Crippen molar-refractivity contribution in [2.75, 3.05) is 0 Å². The van der Waals surface area contributed by atoms with E-state index in [-0.39, 0.29) is 28.0 Å². The Morgan fingerprint density at radius 1 is 0.952 bits per heavy atom. The Balaban J connectivity index is 2.37. The molecule has 3 N–H and O–H groups in total. The van der Waals surface area contributed by atoms with Crippen molar-refractivity contribution in [1.29, 1.82) is 0 Å². The number of nitrogens with one attached hydrogen (secondary N) is 1. The van der Waals surface area contributed by atoms with Crippen molar-refractivity contribution in [3.63, 3.8) is 0 Å². The van der Waals surface area contributed by atoms with E-state index in [2.05, 4.69) is 5.32 Å². The van der Waals surface area contributed by atoms with Crippen molar-refractivity contribution in [3.8, 4) is 16.9 Å². The molecule has 104 valence electrons. The normalized spacial score (nSPS) is 13.0. The molecule has 0 aliphatic carbocycles. The average molecular weight is 283 g/mol. The van der Waals surface area contributed by atoms with Gasteiger partial charge in [0.25, 0.3) is 11.8 Å². The van der Waals surface area contributed by atoms with Crippen LogP contribution in [0.3, 0.4) is 0 Å². The third-order valence-electron chi connectivity index (χ3n) is 3.28. The zero-order chi connectivity index (χ0) is 15.1. The predicted molar refractivity (Wildman–Crippen MR) is 72.3 cm³/mol. The first-order valence-corrected chi connectivity index (χ1v) is 6.04. The quantitative estimate of drug-likeness (QED) is 0.727. The maximum Gasteiger partial charge on any atom is 0.335 e. The van der Waals surface area contributed by atoms with Gasteiger partial charge in [-0.3, -0.25) is 14.9 Å². The van der Waals surface area contributed by atoms with Crippen molar-refractivity contribution >= 4 is 17.8 Å². The number of imide groups is 1. The van der Waals surface area contributed by atoms with Gasteiger partial charge >= 0.3 is 5.97 Å². The van der Waals surface area contributed by atoms with Gasteiger partial charge in [-0.1, -0.05) is 18.2 Å². The standard InChI is InChI=1S/C15H9NO5/c17-11-4-2-1-3-8(11)9-5-7(15(20)21)6-10-12(9)14(19)16-13(10)18/h1-6,17H,(H,20,21)(H,16,18,19). The lowest BCUT2D eigenvalue weighted by Gasteiger charge is -2.09. The van der Waals surface area contributed by atoms with E-state index in [9.17, 15) is 19.5 Å². The number of fused-ring (bicyclic) bond motifs is 1. The Bertz CT molecular complexity index is 810. The number of amides is 2. The Morgan fingerprint density at radius 2 is 1.62 bits per heavy atom. The van der Waals surface area contributed by atoms with Crippen molar-refractivity contribution in [2.45, 2.75) is 0 Å². The highest BCUT2D eigenvalue weighted by Crippen LogP contribution is 2.35. The Hall–Kier alpha value is -3.15. The number of hydrogen-bond acceptors (Lipinski definition) is 4. The first-order chi connectivity index (χ1) is 9.99. The van der Waals surface area contributed by atoms with Gasteiger partial charge in [0, 0.05) is 5.56 Å². The fourth-order valence-electron chi connectivity index (χ4n) is 2.34. The van der Waals surface area contributed by atoms with Gasteiger partial charge in [-0.25, -0.2) is 4.79 Å². The number of phenols is 1. The molecular weight excluding hydrogens is 274 g/mol. The Labute approximate surface area is 118 Å². The summed E-state index contributed by atoms with van der Waals surface area (Å²) in [4.78, 5) is 34.8. The minimum atomic E-state index is -1.22. The maximum absolute atomic E-state index is 11.9. The predicted octanol–water partition coefficient (Wildman–Crippen LogP) is 1.64. The molecule has 0 saturated carbocycles. The number of phenolic OH excluding ortho intramolecular Hbond substituents is 1. The van der Waals surface area contributed by atoms with E-state index in [1.807, 2.05) is 0 Å². The molecule has 1 aliphatic heterocycles. The van der Waals surface area contributed by atoms with Gasteiger partial charge < -0.3 is 10.2 Å². The summed E-state index contributed by atoms with van der Waals surface area (Å²) >= 11 is 0. The molecule has 1 heterocycles. The number of carboxylic acid groups (broad SMARTS) is 1. The fraction of sp³-hybridized carbons (Fsp3) is 0.